The molecule has 3 heterocycles. The minimum atomic E-state index is -0.960. The zero-order valence-electron chi connectivity index (χ0n) is 15.7. The highest BCUT2D eigenvalue weighted by molar-refractivity contribution is 6.31. The van der Waals surface area contributed by atoms with Gasteiger partial charge < -0.3 is 20.3 Å². The number of aromatic amines is 1. The summed E-state index contributed by atoms with van der Waals surface area (Å²) in [5, 5.41) is 13.6. The van der Waals surface area contributed by atoms with Crippen molar-refractivity contribution in [1.29, 1.82) is 0 Å². The van der Waals surface area contributed by atoms with E-state index in [0.29, 0.717) is 28.5 Å². The molecule has 1 aliphatic rings. The van der Waals surface area contributed by atoms with Gasteiger partial charge in [-0.3, -0.25) is 0 Å². The van der Waals surface area contributed by atoms with E-state index in [0.717, 1.165) is 30.8 Å². The van der Waals surface area contributed by atoms with Gasteiger partial charge in [-0.05, 0) is 31.7 Å². The monoisotopic (exact) mass is 418 g/mol. The molecule has 3 aromatic heterocycles. The number of hydrogen-bond donors (Lipinski definition) is 3. The van der Waals surface area contributed by atoms with Crippen molar-refractivity contribution >= 4 is 34.5 Å². The predicted octanol–water partition coefficient (Wildman–Crippen LogP) is 4.15. The van der Waals surface area contributed by atoms with Crippen molar-refractivity contribution in [2.75, 3.05) is 12.4 Å². The van der Waals surface area contributed by atoms with Crippen molar-refractivity contribution in [2.24, 2.45) is 0 Å². The van der Waals surface area contributed by atoms with Crippen molar-refractivity contribution in [3.8, 4) is 11.4 Å². The molecule has 4 rings (SSSR count). The summed E-state index contributed by atoms with van der Waals surface area (Å²) in [7, 11) is 1.56. The normalized spacial score (nSPS) is 19.3. The molecule has 1 fully saturated rings. The molecule has 1 saturated carbocycles. The van der Waals surface area contributed by atoms with E-state index in [4.69, 9.17) is 11.6 Å². The molecule has 0 radical (unpaired) electrons. The Hall–Kier alpha value is -2.94. The highest BCUT2D eigenvalue weighted by Crippen LogP contribution is 2.29. The van der Waals surface area contributed by atoms with Crippen LogP contribution in [0.2, 0.25) is 5.02 Å². The molecule has 1 amide bonds. The van der Waals surface area contributed by atoms with Gasteiger partial charge in [-0.1, -0.05) is 11.6 Å². The number of H-pyrrole nitrogens is 1. The third kappa shape index (κ3) is 3.95. The largest absolute Gasteiger partial charge is 0.465 e. The van der Waals surface area contributed by atoms with Crippen molar-refractivity contribution < 1.29 is 14.3 Å². The fourth-order valence-electron chi connectivity index (χ4n) is 3.76. The van der Waals surface area contributed by atoms with Crippen LogP contribution in [0.4, 0.5) is 15.0 Å². The molecular weight excluding hydrogens is 399 g/mol. The summed E-state index contributed by atoms with van der Waals surface area (Å²) in [4.78, 5) is 28.3. The molecule has 0 bridgehead atoms. The second kappa shape index (κ2) is 7.82. The van der Waals surface area contributed by atoms with Crippen LogP contribution in [0.25, 0.3) is 22.4 Å². The van der Waals surface area contributed by atoms with E-state index in [-0.39, 0.29) is 17.9 Å². The van der Waals surface area contributed by atoms with Crippen LogP contribution in [0, 0.1) is 5.82 Å². The summed E-state index contributed by atoms with van der Waals surface area (Å²) in [6.45, 7) is 0. The van der Waals surface area contributed by atoms with Gasteiger partial charge in [0.2, 0.25) is 0 Å². The second-order valence-corrected chi connectivity index (χ2v) is 7.63. The Kier molecular flexibility index (Phi) is 5.23. The molecule has 29 heavy (non-hydrogen) atoms. The Balaban J connectivity index is 1.59. The first-order valence-corrected chi connectivity index (χ1v) is 9.68. The SMILES string of the molecule is CN(C(=O)O)[C@H]1CCC[C@@H](Nc2nc(-c3c[nH]c4ncc(Cl)cc34)ncc2F)C1. The first kappa shape index (κ1) is 19.4. The van der Waals surface area contributed by atoms with Gasteiger partial charge in [0.05, 0.1) is 11.2 Å². The molecule has 0 saturated heterocycles. The summed E-state index contributed by atoms with van der Waals surface area (Å²) in [6, 6.07) is 1.57. The smallest absolute Gasteiger partial charge is 0.407 e. The van der Waals surface area contributed by atoms with E-state index in [9.17, 15) is 14.3 Å². The lowest BCUT2D eigenvalue weighted by Crippen LogP contribution is -2.42. The number of nitrogens with zero attached hydrogens (tertiary/aromatic N) is 4. The van der Waals surface area contributed by atoms with Gasteiger partial charge in [-0.25, -0.2) is 24.1 Å². The number of aromatic nitrogens is 4. The van der Waals surface area contributed by atoms with Gasteiger partial charge in [0.15, 0.2) is 17.5 Å². The molecular formula is C19H20ClFN6O2. The molecule has 152 valence electrons. The maximum atomic E-state index is 14.4. The minimum Gasteiger partial charge on any atom is -0.465 e. The lowest BCUT2D eigenvalue weighted by Gasteiger charge is -2.34. The van der Waals surface area contributed by atoms with Gasteiger partial charge >= 0.3 is 6.09 Å². The van der Waals surface area contributed by atoms with E-state index in [1.54, 1.807) is 19.3 Å². The van der Waals surface area contributed by atoms with Crippen molar-refractivity contribution in [3.05, 3.63) is 35.5 Å². The molecule has 0 unspecified atom stereocenters. The Bertz CT molecular complexity index is 1060. The Labute approximate surface area is 171 Å². The Morgan fingerprint density at radius 3 is 3.00 bits per heavy atom. The highest BCUT2D eigenvalue weighted by Gasteiger charge is 2.28. The second-order valence-electron chi connectivity index (χ2n) is 7.20. The third-order valence-electron chi connectivity index (χ3n) is 5.32. The summed E-state index contributed by atoms with van der Waals surface area (Å²) in [5.41, 5.74) is 1.31. The van der Waals surface area contributed by atoms with E-state index < -0.39 is 11.9 Å². The van der Waals surface area contributed by atoms with Gasteiger partial charge in [-0.2, -0.15) is 0 Å². The van der Waals surface area contributed by atoms with Gasteiger partial charge in [0, 0.05) is 42.5 Å². The van der Waals surface area contributed by atoms with Crippen LogP contribution in [0.5, 0.6) is 0 Å². The van der Waals surface area contributed by atoms with Gasteiger partial charge in [0.25, 0.3) is 0 Å². The van der Waals surface area contributed by atoms with Crippen LogP contribution in [0.1, 0.15) is 25.7 Å². The number of fused-ring (bicyclic) bond motifs is 1. The van der Waals surface area contributed by atoms with Crippen LogP contribution < -0.4 is 5.32 Å². The maximum absolute atomic E-state index is 14.4. The summed E-state index contributed by atoms with van der Waals surface area (Å²) in [5.74, 6) is -0.111. The number of halogens is 2. The molecule has 8 nitrogen and oxygen atoms in total. The summed E-state index contributed by atoms with van der Waals surface area (Å²) < 4.78 is 14.4. The molecule has 1 aliphatic carbocycles. The third-order valence-corrected chi connectivity index (χ3v) is 5.53. The fourth-order valence-corrected chi connectivity index (χ4v) is 3.92. The molecule has 0 aromatic carbocycles. The zero-order chi connectivity index (χ0) is 20.5. The zero-order valence-corrected chi connectivity index (χ0v) is 16.4. The quantitative estimate of drug-likeness (QED) is 0.587. The molecule has 2 atom stereocenters. The van der Waals surface area contributed by atoms with Gasteiger partial charge in [-0.15, -0.1) is 0 Å². The number of rotatable bonds is 4. The van der Waals surface area contributed by atoms with Crippen LogP contribution in [0.15, 0.2) is 24.7 Å². The average Bonchev–Trinajstić information content (AvgIpc) is 3.12. The topological polar surface area (TPSA) is 107 Å². The number of carboxylic acid groups (broad SMARTS) is 1. The van der Waals surface area contributed by atoms with E-state index in [2.05, 4.69) is 25.3 Å². The Morgan fingerprint density at radius 1 is 1.38 bits per heavy atom. The first-order chi connectivity index (χ1) is 13.9. The molecule has 0 aliphatic heterocycles. The number of pyridine rings is 1. The van der Waals surface area contributed by atoms with E-state index >= 15 is 0 Å². The summed E-state index contributed by atoms with van der Waals surface area (Å²) in [6.07, 6.45) is 6.47. The van der Waals surface area contributed by atoms with E-state index in [1.807, 2.05) is 0 Å². The summed E-state index contributed by atoms with van der Waals surface area (Å²) >= 11 is 6.05. The van der Waals surface area contributed by atoms with Crippen LogP contribution in [-0.2, 0) is 0 Å². The first-order valence-electron chi connectivity index (χ1n) is 9.30. The van der Waals surface area contributed by atoms with Crippen molar-refractivity contribution in [2.45, 2.75) is 37.8 Å². The van der Waals surface area contributed by atoms with Crippen molar-refractivity contribution in [3.63, 3.8) is 0 Å². The number of hydrogen-bond acceptors (Lipinski definition) is 5. The standard InChI is InChI=1S/C19H20ClFN6O2/c1-27(19(28)29)12-4-2-3-11(6-12)25-18-15(21)9-24-17(26-18)14-8-23-16-13(14)5-10(20)7-22-16/h5,7-9,11-12H,2-4,6H2,1H3,(H,22,23)(H,28,29)(H,24,25,26)/t11-,12+/m1/s1. The van der Waals surface area contributed by atoms with Crippen LogP contribution in [0.3, 0.4) is 0 Å². The minimum absolute atomic E-state index is 0.0770. The molecule has 10 heteroatoms. The molecule has 0 spiro atoms. The average molecular weight is 419 g/mol. The lowest BCUT2D eigenvalue weighted by molar-refractivity contribution is 0.124. The van der Waals surface area contributed by atoms with Crippen LogP contribution >= 0.6 is 11.6 Å². The predicted molar refractivity (Wildman–Crippen MR) is 108 cm³/mol. The van der Waals surface area contributed by atoms with Crippen LogP contribution in [-0.4, -0.2) is 55.2 Å². The molecule has 3 aromatic rings. The lowest BCUT2D eigenvalue weighted by atomic mass is 9.90. The number of carbonyl (C=O) groups is 1. The maximum Gasteiger partial charge on any atom is 0.407 e. The number of nitrogens with one attached hydrogen (secondary N) is 2. The Morgan fingerprint density at radius 2 is 2.21 bits per heavy atom. The number of amides is 1. The number of anilines is 1. The molecule has 3 N–H and O–H groups in total. The highest BCUT2D eigenvalue weighted by atomic mass is 35.5. The van der Waals surface area contributed by atoms with E-state index in [1.165, 1.54) is 11.1 Å². The van der Waals surface area contributed by atoms with Gasteiger partial charge in [0.1, 0.15) is 5.65 Å². The van der Waals surface area contributed by atoms with Crippen molar-refractivity contribution in [1.82, 2.24) is 24.8 Å². The fraction of sp³-hybridized carbons (Fsp3) is 0.368.